The Morgan fingerprint density at radius 1 is 1.33 bits per heavy atom. The van der Waals surface area contributed by atoms with Crippen molar-refractivity contribution in [3.8, 4) is 0 Å². The van der Waals surface area contributed by atoms with E-state index in [0.29, 0.717) is 16.8 Å². The average Bonchev–Trinajstić information content (AvgIpc) is 3.23. The number of aromatic nitrogens is 2. The molecular weight excluding hydrogens is 338 g/mol. The van der Waals surface area contributed by atoms with Crippen molar-refractivity contribution in [3.05, 3.63) is 39.8 Å². The first-order valence-electron chi connectivity index (χ1n) is 8.39. The molecule has 1 N–H and O–H groups in total. The van der Waals surface area contributed by atoms with Gasteiger partial charge in [-0.2, -0.15) is 0 Å². The Bertz CT molecular complexity index is 661. The van der Waals surface area contributed by atoms with Crippen LogP contribution < -0.4 is 5.32 Å². The lowest BCUT2D eigenvalue weighted by Crippen LogP contribution is -2.33. The molecule has 1 saturated carbocycles. The summed E-state index contributed by atoms with van der Waals surface area (Å²) in [6.07, 6.45) is 4.95. The molecular formula is C18H23N3OS2. The molecule has 2 aromatic rings. The van der Waals surface area contributed by atoms with Gasteiger partial charge in [0.1, 0.15) is 0 Å². The summed E-state index contributed by atoms with van der Waals surface area (Å²) in [6, 6.07) is 6.29. The van der Waals surface area contributed by atoms with Crippen LogP contribution in [0.4, 0.5) is 0 Å². The molecule has 1 amide bonds. The Morgan fingerprint density at radius 2 is 2.04 bits per heavy atom. The molecule has 4 nitrogen and oxygen atoms in total. The van der Waals surface area contributed by atoms with E-state index in [0.717, 1.165) is 11.4 Å². The first kappa shape index (κ1) is 17.4. The molecule has 0 radical (unpaired) electrons. The van der Waals surface area contributed by atoms with E-state index in [4.69, 9.17) is 0 Å². The summed E-state index contributed by atoms with van der Waals surface area (Å²) in [7, 11) is 0. The lowest BCUT2D eigenvalue weighted by Gasteiger charge is -2.23. The number of nitrogens with zero attached hydrogens (tertiary/aromatic N) is 2. The summed E-state index contributed by atoms with van der Waals surface area (Å²) in [5, 5.41) is 6.02. The Kier molecular flexibility index (Phi) is 5.89. The van der Waals surface area contributed by atoms with Crippen LogP contribution >= 0.6 is 23.1 Å². The number of thiophene rings is 1. The van der Waals surface area contributed by atoms with Gasteiger partial charge in [-0.1, -0.05) is 30.7 Å². The number of carbonyl (C=O) groups excluding carboxylic acids is 1. The van der Waals surface area contributed by atoms with Crippen molar-refractivity contribution in [3.63, 3.8) is 0 Å². The average molecular weight is 362 g/mol. The van der Waals surface area contributed by atoms with Crippen molar-refractivity contribution in [2.45, 2.75) is 50.7 Å². The topological polar surface area (TPSA) is 54.9 Å². The minimum absolute atomic E-state index is 0.0630. The number of thioether (sulfide) groups is 1. The van der Waals surface area contributed by atoms with E-state index >= 15 is 0 Å². The van der Waals surface area contributed by atoms with Gasteiger partial charge in [-0.3, -0.25) is 4.79 Å². The van der Waals surface area contributed by atoms with Crippen LogP contribution in [-0.2, 0) is 4.79 Å². The summed E-state index contributed by atoms with van der Waals surface area (Å²) < 4.78 is 0. The van der Waals surface area contributed by atoms with Crippen molar-refractivity contribution in [1.82, 2.24) is 15.3 Å². The standard InChI is InChI=1S/C18H23N3OS2/c1-12-10-13(2)20-18(19-12)24-11-16(22)21-17(14-6-3-4-7-14)15-8-5-9-23-15/h5,8-10,14,17H,3-4,6-7,11H2,1-2H3,(H,21,22). The van der Waals surface area contributed by atoms with E-state index in [-0.39, 0.29) is 11.9 Å². The predicted molar refractivity (Wildman–Crippen MR) is 99.4 cm³/mol. The fourth-order valence-corrected chi connectivity index (χ4v) is 4.91. The maximum atomic E-state index is 12.5. The normalized spacial score (nSPS) is 16.2. The van der Waals surface area contributed by atoms with Gasteiger partial charge in [0.2, 0.25) is 5.91 Å². The molecule has 1 unspecified atom stereocenters. The van der Waals surface area contributed by atoms with Crippen LogP contribution in [0.3, 0.4) is 0 Å². The molecule has 1 aliphatic rings. The third kappa shape index (κ3) is 4.57. The minimum Gasteiger partial charge on any atom is -0.347 e. The Balaban J connectivity index is 1.61. The Morgan fingerprint density at radius 3 is 2.67 bits per heavy atom. The number of aryl methyl sites for hydroxylation is 2. The predicted octanol–water partition coefficient (Wildman–Crippen LogP) is 4.29. The van der Waals surface area contributed by atoms with E-state index < -0.39 is 0 Å². The lowest BCUT2D eigenvalue weighted by molar-refractivity contribution is -0.119. The molecule has 128 valence electrons. The largest absolute Gasteiger partial charge is 0.347 e. The zero-order valence-corrected chi connectivity index (χ0v) is 15.8. The van der Waals surface area contributed by atoms with Gasteiger partial charge in [-0.15, -0.1) is 11.3 Å². The van der Waals surface area contributed by atoms with Crippen LogP contribution in [0.15, 0.2) is 28.7 Å². The van der Waals surface area contributed by atoms with Crippen molar-refractivity contribution < 1.29 is 4.79 Å². The highest BCUT2D eigenvalue weighted by atomic mass is 32.2. The minimum atomic E-state index is 0.0630. The van der Waals surface area contributed by atoms with Gasteiger partial charge in [0.15, 0.2) is 5.16 Å². The monoisotopic (exact) mass is 361 g/mol. The number of carbonyl (C=O) groups is 1. The third-order valence-corrected chi connectivity index (χ3v) is 6.13. The highest BCUT2D eigenvalue weighted by Crippen LogP contribution is 2.37. The lowest BCUT2D eigenvalue weighted by atomic mass is 9.97. The number of hydrogen-bond acceptors (Lipinski definition) is 5. The van der Waals surface area contributed by atoms with Crippen molar-refractivity contribution in [2.24, 2.45) is 5.92 Å². The molecule has 6 heteroatoms. The van der Waals surface area contributed by atoms with Crippen molar-refractivity contribution in [2.75, 3.05) is 5.75 Å². The fraction of sp³-hybridized carbons (Fsp3) is 0.500. The van der Waals surface area contributed by atoms with E-state index in [9.17, 15) is 4.79 Å². The van der Waals surface area contributed by atoms with Crippen LogP contribution in [0, 0.1) is 19.8 Å². The van der Waals surface area contributed by atoms with Gasteiger partial charge < -0.3 is 5.32 Å². The molecule has 3 rings (SSSR count). The van der Waals surface area contributed by atoms with Crippen molar-refractivity contribution >= 4 is 29.0 Å². The summed E-state index contributed by atoms with van der Waals surface area (Å²) >= 11 is 3.14. The molecule has 2 aromatic heterocycles. The molecule has 0 spiro atoms. The summed E-state index contributed by atoms with van der Waals surface area (Å²) in [5.41, 5.74) is 1.88. The van der Waals surface area contributed by atoms with E-state index in [1.807, 2.05) is 19.9 Å². The van der Waals surface area contributed by atoms with Crippen LogP contribution in [-0.4, -0.2) is 21.6 Å². The summed E-state index contributed by atoms with van der Waals surface area (Å²) in [5.74, 6) is 0.987. The van der Waals surface area contributed by atoms with Crippen LogP contribution in [0.1, 0.15) is 48.0 Å². The highest BCUT2D eigenvalue weighted by molar-refractivity contribution is 7.99. The molecule has 1 fully saturated rings. The summed E-state index contributed by atoms with van der Waals surface area (Å²) in [6.45, 7) is 3.90. The van der Waals surface area contributed by atoms with Crippen molar-refractivity contribution in [1.29, 1.82) is 0 Å². The highest BCUT2D eigenvalue weighted by Gasteiger charge is 2.28. The van der Waals surface area contributed by atoms with Crippen LogP contribution in [0.5, 0.6) is 0 Å². The first-order chi connectivity index (χ1) is 11.6. The van der Waals surface area contributed by atoms with Gasteiger partial charge in [0.05, 0.1) is 11.8 Å². The second-order valence-corrected chi connectivity index (χ2v) is 8.25. The fourth-order valence-electron chi connectivity index (χ4n) is 3.28. The molecule has 0 bridgehead atoms. The van der Waals surface area contributed by atoms with E-state index in [1.54, 1.807) is 11.3 Å². The second-order valence-electron chi connectivity index (χ2n) is 6.33. The molecule has 1 aliphatic carbocycles. The Hall–Kier alpha value is -1.40. The molecule has 0 aromatic carbocycles. The SMILES string of the molecule is Cc1cc(C)nc(SCC(=O)NC(c2cccs2)C2CCCC2)n1. The maximum Gasteiger partial charge on any atom is 0.230 e. The van der Waals surface area contributed by atoms with Crippen LogP contribution in [0.25, 0.3) is 0 Å². The number of amides is 1. The molecule has 1 atom stereocenters. The zero-order valence-electron chi connectivity index (χ0n) is 14.1. The number of rotatable bonds is 6. The smallest absolute Gasteiger partial charge is 0.230 e. The van der Waals surface area contributed by atoms with Gasteiger partial charge in [-0.25, -0.2) is 9.97 Å². The van der Waals surface area contributed by atoms with Crippen LogP contribution in [0.2, 0.25) is 0 Å². The number of nitrogens with one attached hydrogen (secondary N) is 1. The molecule has 2 heterocycles. The van der Waals surface area contributed by atoms with E-state index in [2.05, 4.69) is 32.8 Å². The zero-order chi connectivity index (χ0) is 16.9. The molecule has 0 aliphatic heterocycles. The second kappa shape index (κ2) is 8.12. The van der Waals surface area contributed by atoms with Gasteiger partial charge in [0.25, 0.3) is 0 Å². The molecule has 24 heavy (non-hydrogen) atoms. The first-order valence-corrected chi connectivity index (χ1v) is 10.3. The Labute approximate surface area is 151 Å². The number of hydrogen-bond donors (Lipinski definition) is 1. The molecule has 0 saturated heterocycles. The van der Waals surface area contributed by atoms with Gasteiger partial charge >= 0.3 is 0 Å². The maximum absolute atomic E-state index is 12.5. The third-order valence-electron chi connectivity index (χ3n) is 4.33. The van der Waals surface area contributed by atoms with Gasteiger partial charge in [0, 0.05) is 16.3 Å². The van der Waals surface area contributed by atoms with Gasteiger partial charge in [-0.05, 0) is 50.1 Å². The quantitative estimate of drug-likeness (QED) is 0.616. The van der Waals surface area contributed by atoms with E-state index in [1.165, 1.54) is 42.3 Å². The summed E-state index contributed by atoms with van der Waals surface area (Å²) in [4.78, 5) is 22.5.